The van der Waals surface area contributed by atoms with E-state index in [0.717, 1.165) is 11.3 Å². The molecule has 2 N–H and O–H groups in total. The molecule has 1 aliphatic heterocycles. The van der Waals surface area contributed by atoms with Gasteiger partial charge in [0.2, 0.25) is 5.91 Å². The number of halogens is 1. The number of benzene rings is 1. The number of carboxylic acid groups (broad SMARTS) is 1. The summed E-state index contributed by atoms with van der Waals surface area (Å²) in [5, 5.41) is 11.9. The number of likely N-dealkylation sites (tertiary alicyclic amines) is 1. The summed E-state index contributed by atoms with van der Waals surface area (Å²) in [7, 11) is 0. The molecule has 1 fully saturated rings. The monoisotopic (exact) mass is 370 g/mol. The maximum atomic E-state index is 12.2. The number of hydrogen-bond donors (Lipinski definition) is 2. The number of nitrogens with zero attached hydrogens (tertiary/aromatic N) is 1. The quantitative estimate of drug-likeness (QED) is 0.718. The third kappa shape index (κ3) is 6.55. The van der Waals surface area contributed by atoms with Crippen molar-refractivity contribution in [2.24, 2.45) is 5.92 Å². The lowest BCUT2D eigenvalue weighted by Gasteiger charge is -2.33. The number of carbonyl (C=O) groups excluding carboxylic acids is 1. The Morgan fingerprint density at radius 2 is 2.04 bits per heavy atom. The molecule has 7 heteroatoms. The van der Waals surface area contributed by atoms with Gasteiger partial charge in [-0.1, -0.05) is 12.1 Å². The molecule has 6 nitrogen and oxygen atoms in total. The predicted octanol–water partition coefficient (Wildman–Crippen LogP) is 2.10. The van der Waals surface area contributed by atoms with Gasteiger partial charge in [-0.25, -0.2) is 0 Å². The fourth-order valence-corrected chi connectivity index (χ4v) is 2.90. The highest BCUT2D eigenvalue weighted by Crippen LogP contribution is 2.19. The van der Waals surface area contributed by atoms with E-state index in [0.29, 0.717) is 39.1 Å². The second-order valence-corrected chi connectivity index (χ2v) is 6.28. The number of carboxylic acids is 1. The minimum absolute atomic E-state index is 0. The summed E-state index contributed by atoms with van der Waals surface area (Å²) >= 11 is 0. The number of amides is 1. The van der Waals surface area contributed by atoms with E-state index in [1.54, 1.807) is 0 Å². The van der Waals surface area contributed by atoms with E-state index in [-0.39, 0.29) is 30.3 Å². The highest BCUT2D eigenvalue weighted by molar-refractivity contribution is 5.85. The van der Waals surface area contributed by atoms with Crippen molar-refractivity contribution in [2.45, 2.75) is 32.7 Å². The minimum Gasteiger partial charge on any atom is -0.492 e. The molecule has 1 amide bonds. The van der Waals surface area contributed by atoms with Gasteiger partial charge in [0.15, 0.2) is 0 Å². The van der Waals surface area contributed by atoms with Crippen LogP contribution in [0.25, 0.3) is 0 Å². The number of hydrogen-bond acceptors (Lipinski definition) is 4. The van der Waals surface area contributed by atoms with Gasteiger partial charge in [0.25, 0.3) is 0 Å². The van der Waals surface area contributed by atoms with Crippen molar-refractivity contribution in [3.63, 3.8) is 0 Å². The maximum Gasteiger partial charge on any atom is 0.306 e. The largest absolute Gasteiger partial charge is 0.492 e. The van der Waals surface area contributed by atoms with Crippen LogP contribution in [0.5, 0.6) is 5.75 Å². The molecule has 1 unspecified atom stereocenters. The van der Waals surface area contributed by atoms with Crippen LogP contribution in [-0.4, -0.2) is 54.2 Å². The molecule has 1 saturated heterocycles. The Morgan fingerprint density at radius 3 is 2.64 bits per heavy atom. The predicted molar refractivity (Wildman–Crippen MR) is 98.3 cm³/mol. The molecular weight excluding hydrogens is 344 g/mol. The summed E-state index contributed by atoms with van der Waals surface area (Å²) in [4.78, 5) is 25.2. The molecule has 0 aliphatic carbocycles. The molecule has 140 valence electrons. The Labute approximate surface area is 154 Å². The van der Waals surface area contributed by atoms with Gasteiger partial charge in [0, 0.05) is 0 Å². The van der Waals surface area contributed by atoms with Gasteiger partial charge in [0.1, 0.15) is 12.4 Å². The normalized spacial score (nSPS) is 16.6. The summed E-state index contributed by atoms with van der Waals surface area (Å²) in [6.07, 6.45) is 1.20. The molecule has 1 aromatic carbocycles. The van der Waals surface area contributed by atoms with Gasteiger partial charge in [-0.15, -0.1) is 12.4 Å². The molecule has 0 radical (unpaired) electrons. The van der Waals surface area contributed by atoms with Crippen molar-refractivity contribution < 1.29 is 19.4 Å². The minimum atomic E-state index is -0.736. The zero-order valence-corrected chi connectivity index (χ0v) is 15.6. The fourth-order valence-electron chi connectivity index (χ4n) is 2.90. The summed E-state index contributed by atoms with van der Waals surface area (Å²) in [5.41, 5.74) is 1.13. The van der Waals surface area contributed by atoms with E-state index in [1.807, 2.05) is 43.0 Å². The van der Waals surface area contributed by atoms with Gasteiger partial charge < -0.3 is 15.2 Å². The summed E-state index contributed by atoms with van der Waals surface area (Å²) in [5.74, 6) is -0.260. The van der Waals surface area contributed by atoms with Crippen molar-refractivity contribution >= 4 is 24.3 Å². The first kappa shape index (κ1) is 21.3. The fraction of sp³-hybridized carbons (Fsp3) is 0.556. The molecule has 1 atom stereocenters. The second kappa shape index (κ2) is 10.3. The first-order valence-electron chi connectivity index (χ1n) is 8.41. The van der Waals surface area contributed by atoms with E-state index in [2.05, 4.69) is 5.32 Å². The van der Waals surface area contributed by atoms with Crippen molar-refractivity contribution in [3.05, 3.63) is 29.8 Å². The van der Waals surface area contributed by atoms with Crippen LogP contribution in [0.4, 0.5) is 0 Å². The lowest BCUT2D eigenvalue weighted by atomic mass is 9.96. The van der Waals surface area contributed by atoms with Gasteiger partial charge in [-0.3, -0.25) is 14.5 Å². The van der Waals surface area contributed by atoms with Crippen LogP contribution in [0.15, 0.2) is 24.3 Å². The number of piperidine rings is 1. The van der Waals surface area contributed by atoms with E-state index >= 15 is 0 Å². The Bertz CT molecular complexity index is 574. The molecule has 1 aliphatic rings. The molecule has 1 heterocycles. The summed E-state index contributed by atoms with van der Waals surface area (Å²) in [6, 6.07) is 7.54. The number of rotatable bonds is 7. The first-order valence-corrected chi connectivity index (χ1v) is 8.41. The SMILES string of the molecule is Cc1cccc(OCCNC(=O)C(C)N2CCC(C(=O)O)CC2)c1.Cl. The lowest BCUT2D eigenvalue weighted by Crippen LogP contribution is -2.49. The van der Waals surface area contributed by atoms with E-state index < -0.39 is 5.97 Å². The maximum absolute atomic E-state index is 12.2. The van der Waals surface area contributed by atoms with Crippen molar-refractivity contribution in [3.8, 4) is 5.75 Å². The number of nitrogens with one attached hydrogen (secondary N) is 1. The topological polar surface area (TPSA) is 78.9 Å². The number of ether oxygens (including phenoxy) is 1. The van der Waals surface area contributed by atoms with Crippen molar-refractivity contribution in [1.82, 2.24) is 10.2 Å². The number of carbonyl (C=O) groups is 2. The molecular formula is C18H27ClN2O4. The van der Waals surface area contributed by atoms with Gasteiger partial charge in [-0.2, -0.15) is 0 Å². The average molecular weight is 371 g/mol. The van der Waals surface area contributed by atoms with E-state index in [4.69, 9.17) is 9.84 Å². The van der Waals surface area contributed by atoms with Gasteiger partial charge in [-0.05, 0) is 57.5 Å². The number of aliphatic carboxylic acids is 1. The van der Waals surface area contributed by atoms with Crippen molar-refractivity contribution in [2.75, 3.05) is 26.2 Å². The van der Waals surface area contributed by atoms with Gasteiger partial charge >= 0.3 is 5.97 Å². The van der Waals surface area contributed by atoms with Crippen LogP contribution < -0.4 is 10.1 Å². The van der Waals surface area contributed by atoms with Crippen LogP contribution in [0.1, 0.15) is 25.3 Å². The Hall–Kier alpha value is -1.79. The molecule has 0 bridgehead atoms. The van der Waals surface area contributed by atoms with Crippen LogP contribution in [-0.2, 0) is 9.59 Å². The first-order chi connectivity index (χ1) is 11.5. The molecule has 0 saturated carbocycles. The van der Waals surface area contributed by atoms with Gasteiger partial charge in [0.05, 0.1) is 18.5 Å². The van der Waals surface area contributed by atoms with Crippen LogP contribution in [0.2, 0.25) is 0 Å². The third-order valence-electron chi connectivity index (χ3n) is 4.47. The Morgan fingerprint density at radius 1 is 1.36 bits per heavy atom. The highest BCUT2D eigenvalue weighted by Gasteiger charge is 2.29. The van der Waals surface area contributed by atoms with Crippen LogP contribution in [0, 0.1) is 12.8 Å². The summed E-state index contributed by atoms with van der Waals surface area (Å²) in [6.45, 7) is 6.02. The Balaban J connectivity index is 0.00000312. The zero-order valence-electron chi connectivity index (χ0n) is 14.7. The second-order valence-electron chi connectivity index (χ2n) is 6.28. The van der Waals surface area contributed by atoms with E-state index in [9.17, 15) is 9.59 Å². The van der Waals surface area contributed by atoms with E-state index in [1.165, 1.54) is 0 Å². The smallest absolute Gasteiger partial charge is 0.306 e. The average Bonchev–Trinajstić information content (AvgIpc) is 2.58. The van der Waals surface area contributed by atoms with Crippen molar-refractivity contribution in [1.29, 1.82) is 0 Å². The standard InChI is InChI=1S/C18H26N2O4.ClH/c1-13-4-3-5-16(12-13)24-11-8-19-17(21)14(2)20-9-6-15(7-10-20)18(22)23;/h3-5,12,14-15H,6-11H2,1-2H3,(H,19,21)(H,22,23);1H. The third-order valence-corrected chi connectivity index (χ3v) is 4.47. The molecule has 0 spiro atoms. The van der Waals surface area contributed by atoms with Crippen LogP contribution >= 0.6 is 12.4 Å². The summed E-state index contributed by atoms with van der Waals surface area (Å²) < 4.78 is 5.61. The number of aryl methyl sites for hydroxylation is 1. The lowest BCUT2D eigenvalue weighted by molar-refractivity contribution is -0.143. The molecule has 25 heavy (non-hydrogen) atoms. The van der Waals surface area contributed by atoms with Crippen LogP contribution in [0.3, 0.4) is 0 Å². The molecule has 0 aromatic heterocycles. The zero-order chi connectivity index (χ0) is 17.5. The molecule has 1 aromatic rings. The highest BCUT2D eigenvalue weighted by atomic mass is 35.5. The Kier molecular flexibility index (Phi) is 8.72. The molecule has 2 rings (SSSR count).